The molecule has 0 saturated heterocycles. The van der Waals surface area contributed by atoms with Gasteiger partial charge in [-0.1, -0.05) is 49.5 Å². The Balaban J connectivity index is 1.98. The molecule has 0 aromatic heterocycles. The van der Waals surface area contributed by atoms with Crippen molar-refractivity contribution in [1.29, 1.82) is 0 Å². The minimum Gasteiger partial charge on any atom is -0.482 e. The van der Waals surface area contributed by atoms with Gasteiger partial charge < -0.3 is 10.1 Å². The molecule has 1 amide bonds. The van der Waals surface area contributed by atoms with E-state index in [2.05, 4.69) is 37.2 Å². The van der Waals surface area contributed by atoms with Gasteiger partial charge in [-0.15, -0.1) is 0 Å². The SMILES string of the molecule is O=C1COc2ccc(C(Br)c3cc(Br)ccc3Cl)cc2N1. The summed E-state index contributed by atoms with van der Waals surface area (Å²) >= 11 is 13.4. The van der Waals surface area contributed by atoms with E-state index in [0.29, 0.717) is 16.5 Å². The van der Waals surface area contributed by atoms with Crippen LogP contribution < -0.4 is 10.1 Å². The predicted molar refractivity (Wildman–Crippen MR) is 90.5 cm³/mol. The maximum atomic E-state index is 11.4. The van der Waals surface area contributed by atoms with Crippen molar-refractivity contribution < 1.29 is 9.53 Å². The first-order valence-electron chi connectivity index (χ1n) is 6.20. The van der Waals surface area contributed by atoms with Crippen molar-refractivity contribution in [2.45, 2.75) is 4.83 Å². The summed E-state index contributed by atoms with van der Waals surface area (Å²) in [5.74, 6) is 0.532. The summed E-state index contributed by atoms with van der Waals surface area (Å²) in [5, 5.41) is 3.48. The fourth-order valence-electron chi connectivity index (χ4n) is 2.15. The van der Waals surface area contributed by atoms with Crippen LogP contribution in [0.3, 0.4) is 0 Å². The molecule has 21 heavy (non-hydrogen) atoms. The summed E-state index contributed by atoms with van der Waals surface area (Å²) in [6, 6.07) is 11.4. The number of carbonyl (C=O) groups excluding carboxylic acids is 1. The van der Waals surface area contributed by atoms with Crippen LogP contribution >= 0.6 is 43.5 Å². The third kappa shape index (κ3) is 3.10. The normalized spacial score (nSPS) is 14.9. The van der Waals surface area contributed by atoms with Gasteiger partial charge in [0.05, 0.1) is 10.5 Å². The minimum absolute atomic E-state index is 0.0571. The number of rotatable bonds is 2. The summed E-state index contributed by atoms with van der Waals surface area (Å²) < 4.78 is 6.32. The van der Waals surface area contributed by atoms with Crippen molar-refractivity contribution in [2.75, 3.05) is 11.9 Å². The molecule has 1 unspecified atom stereocenters. The number of nitrogens with one attached hydrogen (secondary N) is 1. The molecule has 1 aliphatic rings. The average molecular weight is 432 g/mol. The quantitative estimate of drug-likeness (QED) is 0.686. The summed E-state index contributed by atoms with van der Waals surface area (Å²) in [6.45, 7) is 0.0571. The molecule has 0 radical (unpaired) electrons. The number of anilines is 1. The van der Waals surface area contributed by atoms with Crippen LogP contribution in [0.15, 0.2) is 40.9 Å². The highest BCUT2D eigenvalue weighted by Crippen LogP contribution is 2.39. The molecule has 1 aliphatic heterocycles. The number of hydrogen-bond donors (Lipinski definition) is 1. The Hall–Kier alpha value is -1.04. The number of alkyl halides is 1. The van der Waals surface area contributed by atoms with Crippen molar-refractivity contribution >= 4 is 55.1 Å². The van der Waals surface area contributed by atoms with Crippen LogP contribution in [0.1, 0.15) is 16.0 Å². The Kier molecular flexibility index (Phi) is 4.24. The first-order valence-corrected chi connectivity index (χ1v) is 8.29. The lowest BCUT2D eigenvalue weighted by molar-refractivity contribution is -0.118. The molecule has 2 aromatic carbocycles. The lowest BCUT2D eigenvalue weighted by Gasteiger charge is -2.20. The lowest BCUT2D eigenvalue weighted by Crippen LogP contribution is -2.25. The molecule has 1 atom stereocenters. The largest absolute Gasteiger partial charge is 0.482 e. The molecule has 2 aromatic rings. The summed E-state index contributed by atoms with van der Waals surface area (Å²) in [7, 11) is 0. The predicted octanol–water partition coefficient (Wildman–Crippen LogP) is 4.92. The highest BCUT2D eigenvalue weighted by atomic mass is 79.9. The first-order chi connectivity index (χ1) is 10.0. The molecule has 3 nitrogen and oxygen atoms in total. The van der Waals surface area contributed by atoms with E-state index in [-0.39, 0.29) is 17.3 Å². The monoisotopic (exact) mass is 429 g/mol. The molecule has 108 valence electrons. The molecule has 6 heteroatoms. The standard InChI is InChI=1S/C15H10Br2ClNO2/c16-9-2-3-11(18)10(6-9)15(17)8-1-4-13-12(5-8)19-14(20)7-21-13/h1-6,15H,7H2,(H,19,20). The second kappa shape index (κ2) is 5.99. The Morgan fingerprint density at radius 3 is 2.86 bits per heavy atom. The highest BCUT2D eigenvalue weighted by molar-refractivity contribution is 9.10. The van der Waals surface area contributed by atoms with E-state index in [4.69, 9.17) is 16.3 Å². The molecule has 0 aliphatic carbocycles. The number of halogens is 3. The fraction of sp³-hybridized carbons (Fsp3) is 0.133. The molecule has 0 fully saturated rings. The Morgan fingerprint density at radius 2 is 2.05 bits per heavy atom. The number of hydrogen-bond acceptors (Lipinski definition) is 2. The smallest absolute Gasteiger partial charge is 0.262 e. The second-order valence-corrected chi connectivity index (χ2v) is 6.86. The van der Waals surface area contributed by atoms with Crippen molar-refractivity contribution in [2.24, 2.45) is 0 Å². The zero-order chi connectivity index (χ0) is 15.0. The third-order valence-corrected chi connectivity index (χ3v) is 5.02. The maximum Gasteiger partial charge on any atom is 0.262 e. The van der Waals surface area contributed by atoms with Crippen LogP contribution in [0.2, 0.25) is 5.02 Å². The second-order valence-electron chi connectivity index (χ2n) is 4.62. The Bertz CT molecular complexity index is 721. The highest BCUT2D eigenvalue weighted by Gasteiger charge is 2.20. The van der Waals surface area contributed by atoms with Crippen LogP contribution in [0.4, 0.5) is 5.69 Å². The van der Waals surface area contributed by atoms with Gasteiger partial charge in [0.1, 0.15) is 5.75 Å². The summed E-state index contributed by atoms with van der Waals surface area (Å²) in [5.41, 5.74) is 2.62. The van der Waals surface area contributed by atoms with Crippen molar-refractivity contribution in [3.05, 3.63) is 57.0 Å². The zero-order valence-electron chi connectivity index (χ0n) is 10.7. The number of fused-ring (bicyclic) bond motifs is 1. The molecule has 0 saturated carbocycles. The van der Waals surface area contributed by atoms with Gasteiger partial charge in [-0.2, -0.15) is 0 Å². The van der Waals surface area contributed by atoms with Gasteiger partial charge in [0.25, 0.3) is 5.91 Å². The van der Waals surface area contributed by atoms with E-state index in [1.54, 1.807) is 0 Å². The van der Waals surface area contributed by atoms with Gasteiger partial charge in [-0.3, -0.25) is 4.79 Å². The van der Waals surface area contributed by atoms with Gasteiger partial charge >= 0.3 is 0 Å². The summed E-state index contributed by atoms with van der Waals surface area (Å²) in [6.07, 6.45) is 0. The molecule has 0 bridgehead atoms. The van der Waals surface area contributed by atoms with Crippen molar-refractivity contribution in [3.63, 3.8) is 0 Å². The van der Waals surface area contributed by atoms with Gasteiger partial charge in [0.2, 0.25) is 0 Å². The van der Waals surface area contributed by atoms with E-state index < -0.39 is 0 Å². The molecule has 1 N–H and O–H groups in total. The van der Waals surface area contributed by atoms with Crippen molar-refractivity contribution in [1.82, 2.24) is 0 Å². The number of carbonyl (C=O) groups is 1. The fourth-order valence-corrected chi connectivity index (χ4v) is 3.55. The van der Waals surface area contributed by atoms with Crippen LogP contribution in [0.5, 0.6) is 5.75 Å². The minimum atomic E-state index is -0.147. The first kappa shape index (κ1) is 14.9. The Labute approximate surface area is 143 Å². The van der Waals surface area contributed by atoms with Gasteiger partial charge in [0, 0.05) is 9.50 Å². The van der Waals surface area contributed by atoms with E-state index in [0.717, 1.165) is 15.6 Å². The maximum absolute atomic E-state index is 11.4. The molecular formula is C15H10Br2ClNO2. The third-order valence-electron chi connectivity index (χ3n) is 3.16. The number of ether oxygens (including phenoxy) is 1. The summed E-state index contributed by atoms with van der Waals surface area (Å²) in [4.78, 5) is 11.3. The Morgan fingerprint density at radius 1 is 1.24 bits per heavy atom. The van der Waals surface area contributed by atoms with E-state index >= 15 is 0 Å². The van der Waals surface area contributed by atoms with Crippen LogP contribution in [0.25, 0.3) is 0 Å². The van der Waals surface area contributed by atoms with Crippen LogP contribution in [-0.2, 0) is 4.79 Å². The lowest BCUT2D eigenvalue weighted by atomic mass is 10.0. The number of benzene rings is 2. The van der Waals surface area contributed by atoms with E-state index in [9.17, 15) is 4.79 Å². The van der Waals surface area contributed by atoms with E-state index in [1.165, 1.54) is 0 Å². The van der Waals surface area contributed by atoms with Gasteiger partial charge in [0.15, 0.2) is 6.61 Å². The topological polar surface area (TPSA) is 38.3 Å². The molecule has 0 spiro atoms. The zero-order valence-corrected chi connectivity index (χ0v) is 14.6. The number of amides is 1. The van der Waals surface area contributed by atoms with Crippen LogP contribution in [0, 0.1) is 0 Å². The average Bonchev–Trinajstić information content (AvgIpc) is 2.48. The van der Waals surface area contributed by atoms with Crippen LogP contribution in [-0.4, -0.2) is 12.5 Å². The van der Waals surface area contributed by atoms with Gasteiger partial charge in [-0.05, 0) is 41.5 Å². The van der Waals surface area contributed by atoms with Crippen molar-refractivity contribution in [3.8, 4) is 5.75 Å². The van der Waals surface area contributed by atoms with E-state index in [1.807, 2.05) is 36.4 Å². The molecule has 1 heterocycles. The molecule has 3 rings (SSSR count). The van der Waals surface area contributed by atoms with Gasteiger partial charge in [-0.25, -0.2) is 0 Å². The molecular weight excluding hydrogens is 421 g/mol.